The number of hydrogen-bond donors (Lipinski definition) is 1. The summed E-state index contributed by atoms with van der Waals surface area (Å²) in [6, 6.07) is 20.1. The Kier molecular flexibility index (Phi) is 8.94. The van der Waals surface area contributed by atoms with Gasteiger partial charge in [-0.15, -0.1) is 0 Å². The first kappa shape index (κ1) is 30.0. The van der Waals surface area contributed by atoms with Crippen molar-refractivity contribution in [2.45, 2.75) is 26.2 Å². The third-order valence-corrected chi connectivity index (χ3v) is 7.95. The first-order valence-corrected chi connectivity index (χ1v) is 15.2. The molecule has 1 aliphatic heterocycles. The highest BCUT2D eigenvalue weighted by molar-refractivity contribution is 7.92. The maximum Gasteiger partial charge on any atom is 0.254 e. The maximum atomic E-state index is 13.1. The van der Waals surface area contributed by atoms with Gasteiger partial charge in [0.15, 0.2) is 5.78 Å². The zero-order chi connectivity index (χ0) is 29.8. The Hall–Kier alpha value is -4.02. The lowest BCUT2D eigenvalue weighted by molar-refractivity contribution is -0.114. The number of carbonyl (C=O) groups is 3. The van der Waals surface area contributed by atoms with E-state index in [9.17, 15) is 22.8 Å². The second kappa shape index (κ2) is 12.2. The summed E-state index contributed by atoms with van der Waals surface area (Å²) in [7, 11) is -3.82. The van der Waals surface area contributed by atoms with E-state index in [1.807, 2.05) is 12.1 Å². The lowest BCUT2D eigenvalue weighted by atomic mass is 9.86. The molecule has 9 nitrogen and oxygen atoms in total. The number of nitrogens with one attached hydrogen (secondary N) is 1. The molecule has 0 aliphatic carbocycles. The van der Waals surface area contributed by atoms with E-state index < -0.39 is 22.5 Å². The van der Waals surface area contributed by atoms with Gasteiger partial charge in [0.05, 0.1) is 25.2 Å². The monoisotopic (exact) mass is 577 g/mol. The lowest BCUT2D eigenvalue weighted by Gasteiger charge is -2.27. The normalized spacial score (nSPS) is 13.9. The largest absolute Gasteiger partial charge is 0.378 e. The first-order chi connectivity index (χ1) is 19.3. The molecule has 0 spiro atoms. The van der Waals surface area contributed by atoms with Gasteiger partial charge in [0.25, 0.3) is 5.91 Å². The van der Waals surface area contributed by atoms with Gasteiger partial charge >= 0.3 is 0 Å². The molecule has 0 aromatic heterocycles. The number of sulfonamides is 1. The highest BCUT2D eigenvalue weighted by Gasteiger charge is 2.23. The third kappa shape index (κ3) is 7.59. The summed E-state index contributed by atoms with van der Waals surface area (Å²) < 4.78 is 31.4. The summed E-state index contributed by atoms with van der Waals surface area (Å²) in [4.78, 5) is 40.4. The predicted octanol–water partition coefficient (Wildman–Crippen LogP) is 4.09. The van der Waals surface area contributed by atoms with Crippen LogP contribution in [0, 0.1) is 0 Å². The Morgan fingerprint density at radius 1 is 0.878 bits per heavy atom. The van der Waals surface area contributed by atoms with Gasteiger partial charge in [-0.25, -0.2) is 8.42 Å². The molecule has 10 heteroatoms. The number of ketones is 1. The standard InChI is InChI=1S/C31H35N3O6S/c1-31(2,3)25-12-8-22(9-13-25)29(36)24-6-5-7-26(20-24)32-28(35)21-34(41(4,38)39)27-14-10-23(11-15-27)30(37)33-16-18-40-19-17-33/h5-15,20H,16-19,21H2,1-4H3,(H,32,35). The highest BCUT2D eigenvalue weighted by Crippen LogP contribution is 2.24. The lowest BCUT2D eigenvalue weighted by Crippen LogP contribution is -2.40. The van der Waals surface area contributed by atoms with Gasteiger partial charge in [-0.2, -0.15) is 0 Å². The van der Waals surface area contributed by atoms with E-state index >= 15 is 0 Å². The smallest absolute Gasteiger partial charge is 0.254 e. The summed E-state index contributed by atoms with van der Waals surface area (Å²) in [6.07, 6.45) is 1.01. The van der Waals surface area contributed by atoms with Crippen LogP contribution < -0.4 is 9.62 Å². The molecule has 4 rings (SSSR count). The van der Waals surface area contributed by atoms with Gasteiger partial charge in [0.2, 0.25) is 15.9 Å². The summed E-state index contributed by atoms with van der Waals surface area (Å²) in [5.74, 6) is -0.933. The number of hydrogen-bond acceptors (Lipinski definition) is 6. The van der Waals surface area contributed by atoms with Gasteiger partial charge < -0.3 is 15.0 Å². The summed E-state index contributed by atoms with van der Waals surface area (Å²) in [6.45, 7) is 7.75. The summed E-state index contributed by atoms with van der Waals surface area (Å²) >= 11 is 0. The van der Waals surface area contributed by atoms with Crippen molar-refractivity contribution < 1.29 is 27.5 Å². The number of ether oxygens (including phenoxy) is 1. The van der Waals surface area contributed by atoms with Crippen LogP contribution in [0.5, 0.6) is 0 Å². The molecule has 1 N–H and O–H groups in total. The number of anilines is 2. The maximum absolute atomic E-state index is 13.1. The minimum Gasteiger partial charge on any atom is -0.378 e. The molecule has 1 aliphatic rings. The predicted molar refractivity (Wildman–Crippen MR) is 159 cm³/mol. The van der Waals surface area contributed by atoms with Crippen molar-refractivity contribution in [2.75, 3.05) is 48.7 Å². The highest BCUT2D eigenvalue weighted by atomic mass is 32.2. The van der Waals surface area contributed by atoms with Gasteiger partial charge in [0.1, 0.15) is 6.54 Å². The SMILES string of the molecule is CC(C)(C)c1ccc(C(=O)c2cccc(NC(=O)CN(c3ccc(C(=O)N4CCOCC4)cc3)S(C)(=O)=O)c2)cc1. The van der Waals surface area contributed by atoms with Gasteiger partial charge in [-0.05, 0) is 47.4 Å². The van der Waals surface area contributed by atoms with Crippen LogP contribution >= 0.6 is 0 Å². The zero-order valence-electron chi connectivity index (χ0n) is 23.7. The van der Waals surface area contributed by atoms with Crippen molar-refractivity contribution in [1.82, 2.24) is 4.90 Å². The molecule has 216 valence electrons. The Morgan fingerprint density at radius 2 is 1.49 bits per heavy atom. The Labute approximate surface area is 241 Å². The van der Waals surface area contributed by atoms with Crippen molar-refractivity contribution in [3.8, 4) is 0 Å². The average Bonchev–Trinajstić information content (AvgIpc) is 2.95. The second-order valence-corrected chi connectivity index (χ2v) is 12.9. The second-order valence-electron chi connectivity index (χ2n) is 11.0. The number of nitrogens with zero attached hydrogens (tertiary/aromatic N) is 2. The van der Waals surface area contributed by atoms with Crippen molar-refractivity contribution in [3.63, 3.8) is 0 Å². The topological polar surface area (TPSA) is 113 Å². The number of benzene rings is 3. The zero-order valence-corrected chi connectivity index (χ0v) is 24.5. The average molecular weight is 578 g/mol. The van der Waals surface area contributed by atoms with Crippen LogP contribution in [0.4, 0.5) is 11.4 Å². The number of carbonyl (C=O) groups excluding carboxylic acids is 3. The number of rotatable bonds is 8. The Morgan fingerprint density at radius 3 is 2.07 bits per heavy atom. The fraction of sp³-hybridized carbons (Fsp3) is 0.323. The van der Waals surface area contributed by atoms with Crippen molar-refractivity contribution in [3.05, 3.63) is 95.1 Å². The molecule has 1 saturated heterocycles. The van der Waals surface area contributed by atoms with Crippen LogP contribution in [0.15, 0.2) is 72.8 Å². The van der Waals surface area contributed by atoms with E-state index in [0.29, 0.717) is 48.7 Å². The molecule has 0 unspecified atom stereocenters. The van der Waals surface area contributed by atoms with E-state index in [2.05, 4.69) is 26.1 Å². The van der Waals surface area contributed by atoms with Crippen molar-refractivity contribution >= 4 is 39.0 Å². The molecule has 3 aromatic rings. The van der Waals surface area contributed by atoms with Crippen LogP contribution in [0.1, 0.15) is 52.6 Å². The van der Waals surface area contributed by atoms with E-state index in [4.69, 9.17) is 4.74 Å². The molecule has 3 aromatic carbocycles. The molecule has 1 fully saturated rings. The Bertz CT molecular complexity index is 1520. The molecule has 0 saturated carbocycles. The van der Waals surface area contributed by atoms with Crippen molar-refractivity contribution in [1.29, 1.82) is 0 Å². The third-order valence-electron chi connectivity index (χ3n) is 6.81. The quantitative estimate of drug-likeness (QED) is 0.404. The van der Waals surface area contributed by atoms with Gasteiger partial charge in [-0.1, -0.05) is 57.2 Å². The molecular formula is C31H35N3O6S. The molecule has 0 bridgehead atoms. The van der Waals surface area contributed by atoms with E-state index in [1.54, 1.807) is 53.4 Å². The van der Waals surface area contributed by atoms with E-state index in [0.717, 1.165) is 16.1 Å². The van der Waals surface area contributed by atoms with Crippen LogP contribution in [0.2, 0.25) is 0 Å². The van der Waals surface area contributed by atoms with Crippen LogP contribution in [-0.4, -0.2) is 70.0 Å². The molecule has 1 heterocycles. The summed E-state index contributed by atoms with van der Waals surface area (Å²) in [5, 5.41) is 2.69. The molecule has 0 radical (unpaired) electrons. The fourth-order valence-electron chi connectivity index (χ4n) is 4.48. The van der Waals surface area contributed by atoms with Crippen LogP contribution in [0.3, 0.4) is 0 Å². The van der Waals surface area contributed by atoms with E-state index in [-0.39, 0.29) is 22.8 Å². The van der Waals surface area contributed by atoms with Crippen LogP contribution in [0.25, 0.3) is 0 Å². The number of amides is 2. The van der Waals surface area contributed by atoms with E-state index in [1.165, 1.54) is 12.1 Å². The van der Waals surface area contributed by atoms with Gasteiger partial charge in [-0.3, -0.25) is 18.7 Å². The Balaban J connectivity index is 1.45. The summed E-state index contributed by atoms with van der Waals surface area (Å²) in [5.41, 5.74) is 3.04. The van der Waals surface area contributed by atoms with Gasteiger partial charge in [0, 0.05) is 35.5 Å². The molecule has 2 amide bonds. The molecular weight excluding hydrogens is 542 g/mol. The minimum absolute atomic E-state index is 0.0337. The van der Waals surface area contributed by atoms with Crippen LogP contribution in [-0.2, 0) is 25.0 Å². The number of morpholine rings is 1. The molecule has 41 heavy (non-hydrogen) atoms. The first-order valence-electron chi connectivity index (χ1n) is 13.3. The fourth-order valence-corrected chi connectivity index (χ4v) is 5.33. The molecule has 0 atom stereocenters. The minimum atomic E-state index is -3.82. The van der Waals surface area contributed by atoms with Crippen molar-refractivity contribution in [2.24, 2.45) is 0 Å².